The van der Waals surface area contributed by atoms with E-state index in [1.165, 1.54) is 38.1 Å². The highest BCUT2D eigenvalue weighted by Crippen LogP contribution is 2.59. The number of rotatable bonds is 6. The van der Waals surface area contributed by atoms with Crippen LogP contribution < -0.4 is 0 Å². The van der Waals surface area contributed by atoms with Gasteiger partial charge in [0.05, 0.1) is 18.1 Å². The van der Waals surface area contributed by atoms with Crippen molar-refractivity contribution < 1.29 is 30.7 Å². The number of benzene rings is 2. The Hall–Kier alpha value is 0.510. The van der Waals surface area contributed by atoms with Crippen LogP contribution in [0.1, 0.15) is 25.0 Å². The SMILES string of the molecule is BrP(Br)Br.CCS(=O)(=O)c1ccc(CBr)cc1F.CCS(=O)(=O)c1ccc(CO)cc1F. The number of hydrogen-bond acceptors (Lipinski definition) is 5. The lowest BCUT2D eigenvalue weighted by molar-refractivity contribution is 0.281. The molecule has 0 saturated carbocycles. The minimum atomic E-state index is -3.51. The molecule has 0 fully saturated rings. The molecule has 0 aliphatic rings. The quantitative estimate of drug-likeness (QED) is 0.252. The average molecular weight is 770 g/mol. The molecule has 182 valence electrons. The number of hydrogen-bond donors (Lipinski definition) is 1. The molecule has 0 aliphatic carbocycles. The molecule has 1 N–H and O–H groups in total. The molecule has 0 bridgehead atoms. The molecule has 0 unspecified atom stereocenters. The van der Waals surface area contributed by atoms with Gasteiger partial charge in [0.1, 0.15) is 25.5 Å². The highest BCUT2D eigenvalue weighted by Gasteiger charge is 2.17. The molecule has 0 radical (unpaired) electrons. The lowest BCUT2D eigenvalue weighted by Gasteiger charge is -2.04. The van der Waals surface area contributed by atoms with Gasteiger partial charge < -0.3 is 5.11 Å². The Kier molecular flexibility index (Phi) is 15.7. The van der Waals surface area contributed by atoms with Gasteiger partial charge in [-0.25, -0.2) is 25.6 Å². The molecule has 0 atom stereocenters. The molecule has 0 saturated heterocycles. The molecule has 2 rings (SSSR count). The van der Waals surface area contributed by atoms with Gasteiger partial charge in [0.25, 0.3) is 0 Å². The average Bonchev–Trinajstić information content (AvgIpc) is 2.73. The van der Waals surface area contributed by atoms with Crippen LogP contribution in [0.25, 0.3) is 0 Å². The minimum Gasteiger partial charge on any atom is -0.392 e. The van der Waals surface area contributed by atoms with Crippen LogP contribution in [0.2, 0.25) is 0 Å². The molecule has 0 aromatic heterocycles. The zero-order chi connectivity index (χ0) is 25.1. The first-order valence-electron chi connectivity index (χ1n) is 8.72. The Labute approximate surface area is 221 Å². The van der Waals surface area contributed by atoms with E-state index in [0.29, 0.717) is 10.9 Å². The van der Waals surface area contributed by atoms with Gasteiger partial charge in [0, 0.05) is 5.33 Å². The van der Waals surface area contributed by atoms with Crippen molar-refractivity contribution in [2.75, 3.05) is 11.5 Å². The fourth-order valence-corrected chi connectivity index (χ4v) is 4.32. The number of halogens is 6. The van der Waals surface area contributed by atoms with E-state index in [2.05, 4.69) is 62.4 Å². The fourth-order valence-electron chi connectivity index (χ4n) is 2.09. The van der Waals surface area contributed by atoms with Gasteiger partial charge in [-0.05, 0) is 81.9 Å². The smallest absolute Gasteiger partial charge is 0.180 e. The van der Waals surface area contributed by atoms with Crippen LogP contribution >= 0.6 is 66.4 Å². The van der Waals surface area contributed by atoms with E-state index in [4.69, 9.17) is 5.11 Å². The first-order valence-corrected chi connectivity index (χ1v) is 20.5. The monoisotopic (exact) mass is 766 g/mol. The van der Waals surface area contributed by atoms with E-state index in [1.807, 2.05) is 0 Å². The van der Waals surface area contributed by atoms with Crippen molar-refractivity contribution in [2.24, 2.45) is 0 Å². The van der Waals surface area contributed by atoms with Gasteiger partial charge in [-0.1, -0.05) is 41.9 Å². The van der Waals surface area contributed by atoms with E-state index in [1.54, 1.807) is 6.07 Å². The van der Waals surface area contributed by atoms with E-state index in [9.17, 15) is 25.6 Å². The van der Waals surface area contributed by atoms with Crippen molar-refractivity contribution in [1.82, 2.24) is 0 Å². The molecule has 2 aromatic carbocycles. The third kappa shape index (κ3) is 11.3. The van der Waals surface area contributed by atoms with Crippen molar-refractivity contribution in [3.05, 3.63) is 59.2 Å². The van der Waals surface area contributed by atoms with E-state index >= 15 is 0 Å². The van der Waals surface area contributed by atoms with Crippen LogP contribution in [-0.2, 0) is 31.6 Å². The van der Waals surface area contributed by atoms with Gasteiger partial charge in [-0.15, -0.1) is 0 Å². The van der Waals surface area contributed by atoms with Gasteiger partial charge in [-0.2, -0.15) is 0 Å². The van der Waals surface area contributed by atoms with Crippen LogP contribution in [0, 0.1) is 11.6 Å². The largest absolute Gasteiger partial charge is 0.392 e. The Morgan fingerprint density at radius 3 is 1.44 bits per heavy atom. The van der Waals surface area contributed by atoms with Gasteiger partial charge in [0.15, 0.2) is 19.7 Å². The topological polar surface area (TPSA) is 88.5 Å². The van der Waals surface area contributed by atoms with Crippen LogP contribution in [0.15, 0.2) is 46.2 Å². The normalized spacial score (nSPS) is 11.3. The predicted octanol–water partition coefficient (Wildman–Crippen LogP) is 7.02. The summed E-state index contributed by atoms with van der Waals surface area (Å²) in [5, 5.41) is 9.21. The van der Waals surface area contributed by atoms with E-state index in [-0.39, 0.29) is 31.9 Å². The minimum absolute atomic E-state index is 0.0857. The van der Waals surface area contributed by atoms with Gasteiger partial charge in [-0.3, -0.25) is 0 Å². The van der Waals surface area contributed by atoms with Crippen LogP contribution in [0.4, 0.5) is 8.78 Å². The molecule has 0 spiro atoms. The molecule has 0 heterocycles. The summed E-state index contributed by atoms with van der Waals surface area (Å²) < 4.78 is 71.7. The molecule has 14 heteroatoms. The summed E-state index contributed by atoms with van der Waals surface area (Å²) >= 11 is 12.7. The number of sulfone groups is 2. The molecule has 2 aromatic rings. The summed E-state index contributed by atoms with van der Waals surface area (Å²) in [7, 11) is -6.95. The lowest BCUT2D eigenvalue weighted by Crippen LogP contribution is -2.06. The maximum atomic E-state index is 13.3. The molecular formula is C18H21Br4F2O5PS2. The number of alkyl halides is 1. The second-order valence-corrected chi connectivity index (χ2v) is 26.2. The van der Waals surface area contributed by atoms with Crippen LogP contribution in [0.5, 0.6) is 0 Å². The summed E-state index contributed by atoms with van der Waals surface area (Å²) in [6.07, 6.45) is 0. The Morgan fingerprint density at radius 1 is 0.812 bits per heavy atom. The summed E-state index contributed by atoms with van der Waals surface area (Å²) in [5.74, 6) is -1.71. The summed E-state index contributed by atoms with van der Waals surface area (Å²) in [5.41, 5.74) is 1.08. The van der Waals surface area contributed by atoms with E-state index in [0.717, 1.165) is 11.6 Å². The fraction of sp³-hybridized carbons (Fsp3) is 0.333. The summed E-state index contributed by atoms with van der Waals surface area (Å²) in [6, 6.07) is 7.75. The number of aliphatic hydroxyl groups excluding tert-OH is 1. The van der Waals surface area contributed by atoms with Crippen molar-refractivity contribution in [2.45, 2.75) is 35.6 Å². The molecule has 5 nitrogen and oxygen atoms in total. The molecular weight excluding hydrogens is 749 g/mol. The lowest BCUT2D eigenvalue weighted by atomic mass is 10.2. The zero-order valence-corrected chi connectivity index (χ0v) is 25.8. The maximum Gasteiger partial charge on any atom is 0.180 e. The standard InChI is InChI=1S/C9H10BrFO2S.C9H11FO3S.Br3P/c1-2-14(12,13)9-4-3-7(6-10)5-8(9)11;1-2-14(12,13)9-4-3-7(6-11)5-8(9)10;1-4(2)3/h3-5H,2,6H2,1H3;3-5,11H,2,6H2,1H3;. The number of aliphatic hydroxyl groups is 1. The Bertz CT molecular complexity index is 999. The van der Waals surface area contributed by atoms with Crippen molar-refractivity contribution in [1.29, 1.82) is 0 Å². The second kappa shape index (κ2) is 15.5. The Balaban J connectivity index is 0.000000515. The Morgan fingerprint density at radius 2 is 1.16 bits per heavy atom. The molecule has 0 aliphatic heterocycles. The second-order valence-electron chi connectivity index (χ2n) is 5.82. The first-order chi connectivity index (χ1) is 14.7. The van der Waals surface area contributed by atoms with Crippen LogP contribution in [0.3, 0.4) is 0 Å². The third-order valence-corrected chi connectivity index (χ3v) is 7.93. The maximum absolute atomic E-state index is 13.3. The van der Waals surface area contributed by atoms with Crippen molar-refractivity contribution >= 4 is 86.1 Å². The third-order valence-electron chi connectivity index (χ3n) is 3.76. The summed E-state index contributed by atoms with van der Waals surface area (Å²) in [6.45, 7) is 2.64. The van der Waals surface area contributed by atoms with Crippen molar-refractivity contribution in [3.63, 3.8) is 0 Å². The molecule has 0 amide bonds. The first kappa shape index (κ1) is 32.5. The van der Waals surface area contributed by atoms with Crippen LogP contribution in [-0.4, -0.2) is 33.4 Å². The zero-order valence-electron chi connectivity index (χ0n) is 16.9. The predicted molar refractivity (Wildman–Crippen MR) is 141 cm³/mol. The van der Waals surface area contributed by atoms with Gasteiger partial charge in [0.2, 0.25) is 0 Å². The molecule has 32 heavy (non-hydrogen) atoms. The van der Waals surface area contributed by atoms with E-state index < -0.39 is 31.3 Å². The summed E-state index contributed by atoms with van der Waals surface area (Å²) in [4.78, 5) is -0.526. The highest BCUT2D eigenvalue weighted by atomic mass is 80.0. The highest BCUT2D eigenvalue weighted by molar-refractivity contribution is 9.93. The van der Waals surface area contributed by atoms with Crippen molar-refractivity contribution in [3.8, 4) is 0 Å². The van der Waals surface area contributed by atoms with Gasteiger partial charge >= 0.3 is 0 Å².